The molecule has 8 nitrogen and oxygen atoms in total. The lowest BCUT2D eigenvalue weighted by atomic mass is 10.0. The first-order valence-corrected chi connectivity index (χ1v) is 9.46. The molecule has 1 aliphatic heterocycles. The van der Waals surface area contributed by atoms with Crippen LogP contribution in [0.5, 0.6) is 0 Å². The fraction of sp³-hybridized carbons (Fsp3) is 0.579. The van der Waals surface area contributed by atoms with E-state index in [1.165, 1.54) is 0 Å². The van der Waals surface area contributed by atoms with Gasteiger partial charge >= 0.3 is 0 Å². The van der Waals surface area contributed by atoms with Crippen LogP contribution < -0.4 is 15.4 Å². The molecule has 1 saturated heterocycles. The summed E-state index contributed by atoms with van der Waals surface area (Å²) in [7, 11) is 1.63. The van der Waals surface area contributed by atoms with Crippen LogP contribution in [0.25, 0.3) is 0 Å². The number of aromatic nitrogens is 4. The Morgan fingerprint density at radius 1 is 1.15 bits per heavy atom. The maximum absolute atomic E-state index is 12.7. The minimum Gasteiger partial charge on any atom is -0.378 e. The molecule has 1 fully saturated rings. The van der Waals surface area contributed by atoms with E-state index >= 15 is 0 Å². The number of nitrogens with one attached hydrogen (secondary N) is 1. The van der Waals surface area contributed by atoms with Gasteiger partial charge in [0.15, 0.2) is 0 Å². The topological polar surface area (TPSA) is 87.2 Å². The standard InChI is InChI=1S/C19H28N6O2/c1-14(2)5-6-15-16(13-27-3)22-19(23-17(15)26)25-11-9-24(10-12-25)18-20-7-4-8-21-18/h4,7-8,14H,5-6,9-13H2,1-3H3,(H,22,23,26). The molecule has 2 aromatic rings. The van der Waals surface area contributed by atoms with Gasteiger partial charge in [0.05, 0.1) is 12.3 Å². The molecule has 1 N–H and O–H groups in total. The molecule has 0 amide bonds. The Kier molecular flexibility index (Phi) is 6.39. The van der Waals surface area contributed by atoms with Crippen molar-refractivity contribution in [3.63, 3.8) is 0 Å². The summed E-state index contributed by atoms with van der Waals surface area (Å²) < 4.78 is 5.29. The number of hydrogen-bond donors (Lipinski definition) is 1. The largest absolute Gasteiger partial charge is 0.378 e. The van der Waals surface area contributed by atoms with Gasteiger partial charge in [-0.15, -0.1) is 0 Å². The molecule has 0 aliphatic carbocycles. The highest BCUT2D eigenvalue weighted by atomic mass is 16.5. The molecule has 0 spiro atoms. The van der Waals surface area contributed by atoms with Crippen LogP contribution in [0.15, 0.2) is 23.3 Å². The molecule has 0 unspecified atom stereocenters. The van der Waals surface area contributed by atoms with Crippen molar-refractivity contribution in [2.45, 2.75) is 33.3 Å². The van der Waals surface area contributed by atoms with Gasteiger partial charge in [0.25, 0.3) is 5.56 Å². The third-order valence-electron chi connectivity index (χ3n) is 4.76. The van der Waals surface area contributed by atoms with Crippen molar-refractivity contribution in [3.05, 3.63) is 40.1 Å². The van der Waals surface area contributed by atoms with Crippen LogP contribution in [0.1, 0.15) is 31.5 Å². The lowest BCUT2D eigenvalue weighted by molar-refractivity contribution is 0.180. The zero-order chi connectivity index (χ0) is 19.2. The molecular formula is C19H28N6O2. The van der Waals surface area contributed by atoms with Gasteiger partial charge in [0, 0.05) is 51.2 Å². The number of ether oxygens (including phenoxy) is 1. The Morgan fingerprint density at radius 3 is 2.44 bits per heavy atom. The summed E-state index contributed by atoms with van der Waals surface area (Å²) >= 11 is 0. The first-order chi connectivity index (χ1) is 13.1. The van der Waals surface area contributed by atoms with E-state index in [2.05, 4.69) is 38.6 Å². The minimum absolute atomic E-state index is 0.0541. The number of H-pyrrole nitrogens is 1. The third-order valence-corrected chi connectivity index (χ3v) is 4.76. The van der Waals surface area contributed by atoms with Crippen molar-refractivity contribution in [3.8, 4) is 0 Å². The highest BCUT2D eigenvalue weighted by Crippen LogP contribution is 2.16. The Balaban J connectivity index is 1.74. The summed E-state index contributed by atoms with van der Waals surface area (Å²) in [5, 5.41) is 0. The minimum atomic E-state index is -0.0541. The van der Waals surface area contributed by atoms with Crippen LogP contribution in [-0.4, -0.2) is 53.2 Å². The summed E-state index contributed by atoms with van der Waals surface area (Å²) in [6.07, 6.45) is 5.18. The molecule has 2 aromatic heterocycles. The molecule has 0 atom stereocenters. The molecule has 0 saturated carbocycles. The van der Waals surface area contributed by atoms with Crippen LogP contribution in [0.3, 0.4) is 0 Å². The predicted molar refractivity (Wildman–Crippen MR) is 105 cm³/mol. The molecule has 0 radical (unpaired) electrons. The molecule has 146 valence electrons. The van der Waals surface area contributed by atoms with Crippen LogP contribution >= 0.6 is 0 Å². The first-order valence-electron chi connectivity index (χ1n) is 9.46. The molecule has 8 heteroatoms. The molecular weight excluding hydrogens is 344 g/mol. The Morgan fingerprint density at radius 2 is 1.81 bits per heavy atom. The van der Waals surface area contributed by atoms with Crippen LogP contribution in [0, 0.1) is 5.92 Å². The summed E-state index contributed by atoms with van der Waals surface area (Å²) in [4.78, 5) is 33.2. The first kappa shape index (κ1) is 19.3. The number of anilines is 2. The maximum Gasteiger partial charge on any atom is 0.255 e. The van der Waals surface area contributed by atoms with Crippen molar-refractivity contribution in [2.24, 2.45) is 5.92 Å². The third kappa shape index (κ3) is 4.82. The summed E-state index contributed by atoms with van der Waals surface area (Å²) in [5.74, 6) is 1.89. The SMILES string of the molecule is COCc1nc(N2CCN(c3ncccn3)CC2)[nH]c(=O)c1CCC(C)C. The van der Waals surface area contributed by atoms with Gasteiger partial charge in [-0.25, -0.2) is 15.0 Å². The van der Waals surface area contributed by atoms with Crippen LogP contribution in [-0.2, 0) is 17.8 Å². The second-order valence-electron chi connectivity index (χ2n) is 7.20. The lowest BCUT2D eigenvalue weighted by Gasteiger charge is -2.35. The second kappa shape index (κ2) is 8.94. The molecule has 0 bridgehead atoms. The van der Waals surface area contributed by atoms with E-state index in [0.717, 1.165) is 56.2 Å². The van der Waals surface area contributed by atoms with Gasteiger partial charge in [0.1, 0.15) is 0 Å². The Labute approximate surface area is 159 Å². The lowest BCUT2D eigenvalue weighted by Crippen LogP contribution is -2.48. The fourth-order valence-electron chi connectivity index (χ4n) is 3.20. The quantitative estimate of drug-likeness (QED) is 0.790. The molecule has 0 aromatic carbocycles. The van der Waals surface area contributed by atoms with E-state index in [9.17, 15) is 4.79 Å². The van der Waals surface area contributed by atoms with Crippen molar-refractivity contribution in [1.29, 1.82) is 0 Å². The molecule has 3 heterocycles. The highest BCUT2D eigenvalue weighted by Gasteiger charge is 2.22. The maximum atomic E-state index is 12.7. The number of nitrogens with zero attached hydrogens (tertiary/aromatic N) is 5. The fourth-order valence-corrected chi connectivity index (χ4v) is 3.20. The summed E-state index contributed by atoms with van der Waals surface area (Å²) in [6, 6.07) is 1.81. The van der Waals surface area contributed by atoms with Crippen molar-refractivity contribution in [2.75, 3.05) is 43.1 Å². The Hall–Kier alpha value is -2.48. The van der Waals surface area contributed by atoms with Crippen LogP contribution in [0.2, 0.25) is 0 Å². The molecule has 1 aliphatic rings. The van der Waals surface area contributed by atoms with Gasteiger partial charge < -0.3 is 14.5 Å². The monoisotopic (exact) mass is 372 g/mol. The number of aromatic amines is 1. The average molecular weight is 372 g/mol. The normalized spacial score (nSPS) is 14.8. The predicted octanol–water partition coefficient (Wildman–Crippen LogP) is 1.62. The highest BCUT2D eigenvalue weighted by molar-refractivity contribution is 5.38. The zero-order valence-electron chi connectivity index (χ0n) is 16.3. The van der Waals surface area contributed by atoms with Crippen molar-refractivity contribution < 1.29 is 4.74 Å². The molecule has 3 rings (SSSR count). The smallest absolute Gasteiger partial charge is 0.255 e. The average Bonchev–Trinajstić information content (AvgIpc) is 2.68. The van der Waals surface area contributed by atoms with Gasteiger partial charge in [-0.05, 0) is 24.8 Å². The van der Waals surface area contributed by atoms with Gasteiger partial charge in [-0.3, -0.25) is 9.78 Å². The van der Waals surface area contributed by atoms with E-state index in [4.69, 9.17) is 9.72 Å². The molecule has 27 heavy (non-hydrogen) atoms. The van der Waals surface area contributed by atoms with E-state index in [1.54, 1.807) is 19.5 Å². The van der Waals surface area contributed by atoms with E-state index in [1.807, 2.05) is 6.07 Å². The van der Waals surface area contributed by atoms with E-state index < -0.39 is 0 Å². The van der Waals surface area contributed by atoms with Gasteiger partial charge in [-0.2, -0.15) is 0 Å². The van der Waals surface area contributed by atoms with Crippen molar-refractivity contribution in [1.82, 2.24) is 19.9 Å². The van der Waals surface area contributed by atoms with E-state index in [-0.39, 0.29) is 5.56 Å². The van der Waals surface area contributed by atoms with Gasteiger partial charge in [0.2, 0.25) is 11.9 Å². The van der Waals surface area contributed by atoms with Gasteiger partial charge in [-0.1, -0.05) is 13.8 Å². The number of rotatable bonds is 7. The number of hydrogen-bond acceptors (Lipinski definition) is 7. The van der Waals surface area contributed by atoms with E-state index in [0.29, 0.717) is 18.5 Å². The van der Waals surface area contributed by atoms with Crippen molar-refractivity contribution >= 4 is 11.9 Å². The Bertz CT molecular complexity index is 785. The summed E-state index contributed by atoms with van der Waals surface area (Å²) in [6.45, 7) is 7.72. The number of piperazine rings is 1. The van der Waals surface area contributed by atoms with Crippen LogP contribution in [0.4, 0.5) is 11.9 Å². The zero-order valence-corrected chi connectivity index (χ0v) is 16.3. The number of methoxy groups -OCH3 is 1. The summed E-state index contributed by atoms with van der Waals surface area (Å²) in [5.41, 5.74) is 1.43. The second-order valence-corrected chi connectivity index (χ2v) is 7.20.